The molecule has 66 valence electrons. The van der Waals surface area contributed by atoms with Crippen LogP contribution in [0.5, 0.6) is 0 Å². The fourth-order valence-electron chi connectivity index (χ4n) is 1.71. The molecular formula is C9H20NO+. The predicted molar refractivity (Wildman–Crippen MR) is 45.4 cm³/mol. The Hall–Kier alpha value is -0.0800. The van der Waals surface area contributed by atoms with E-state index in [2.05, 4.69) is 20.8 Å². The summed E-state index contributed by atoms with van der Waals surface area (Å²) < 4.78 is 0.271. The first-order valence-electron chi connectivity index (χ1n) is 4.56. The highest BCUT2D eigenvalue weighted by Gasteiger charge is 2.40. The fraction of sp³-hybridized carbons (Fsp3) is 1.00. The van der Waals surface area contributed by atoms with Crippen molar-refractivity contribution < 1.29 is 9.85 Å². The monoisotopic (exact) mass is 158 g/mol. The molecule has 0 radical (unpaired) electrons. The normalized spacial score (nSPS) is 25.1. The summed E-state index contributed by atoms with van der Waals surface area (Å²) in [6, 6.07) is 0. The van der Waals surface area contributed by atoms with E-state index in [0.717, 1.165) is 13.1 Å². The average molecular weight is 158 g/mol. The molecule has 0 atom stereocenters. The predicted octanol–water partition coefficient (Wildman–Crippen LogP) is 2.17. The van der Waals surface area contributed by atoms with Crippen molar-refractivity contribution in [2.75, 3.05) is 13.1 Å². The minimum atomic E-state index is 0.000417. The van der Waals surface area contributed by atoms with Gasteiger partial charge in [0, 0.05) is 0 Å². The highest BCUT2D eigenvalue weighted by Crippen LogP contribution is 2.26. The molecule has 0 unspecified atom stereocenters. The number of piperidine rings is 1. The second-order valence-electron chi connectivity index (χ2n) is 4.60. The zero-order valence-corrected chi connectivity index (χ0v) is 7.93. The fourth-order valence-corrected chi connectivity index (χ4v) is 1.71. The summed E-state index contributed by atoms with van der Waals surface area (Å²) in [5, 5.41) is 10.1. The smallest absolute Gasteiger partial charge is 0.120 e. The third kappa shape index (κ3) is 1.74. The van der Waals surface area contributed by atoms with Crippen LogP contribution < -0.4 is 0 Å². The van der Waals surface area contributed by atoms with Gasteiger partial charge in [-0.05, 0) is 40.0 Å². The van der Waals surface area contributed by atoms with Crippen LogP contribution in [0.25, 0.3) is 0 Å². The van der Waals surface area contributed by atoms with Gasteiger partial charge < -0.3 is 0 Å². The Morgan fingerprint density at radius 2 is 1.45 bits per heavy atom. The molecule has 1 rings (SSSR count). The van der Waals surface area contributed by atoms with Gasteiger partial charge in [-0.15, -0.1) is 0 Å². The molecule has 0 bridgehead atoms. The molecular weight excluding hydrogens is 138 g/mol. The topological polar surface area (TPSA) is 20.2 Å². The standard InChI is InChI=1S/C9H20NO/c1-9(2,3)10(11)7-5-4-6-8-10/h11H,4-8H2,1-3H3/q+1. The lowest BCUT2D eigenvalue weighted by Crippen LogP contribution is -2.60. The van der Waals surface area contributed by atoms with Crippen molar-refractivity contribution in [3.63, 3.8) is 0 Å². The van der Waals surface area contributed by atoms with Crippen LogP contribution in [0, 0.1) is 0 Å². The number of hydrogen-bond donors (Lipinski definition) is 1. The van der Waals surface area contributed by atoms with Crippen molar-refractivity contribution in [2.24, 2.45) is 0 Å². The number of hydrogen-bond acceptors (Lipinski definition) is 1. The quantitative estimate of drug-likeness (QED) is 0.536. The number of nitrogens with zero attached hydrogens (tertiary/aromatic N) is 1. The van der Waals surface area contributed by atoms with E-state index in [4.69, 9.17) is 0 Å². The van der Waals surface area contributed by atoms with Gasteiger partial charge in [0.15, 0.2) is 0 Å². The summed E-state index contributed by atoms with van der Waals surface area (Å²) in [5.41, 5.74) is 0.000417. The molecule has 0 aromatic heterocycles. The van der Waals surface area contributed by atoms with Gasteiger partial charge in [0.05, 0.1) is 0 Å². The first-order chi connectivity index (χ1) is 4.96. The maximum Gasteiger partial charge on any atom is 0.120 e. The van der Waals surface area contributed by atoms with Gasteiger partial charge in [-0.1, -0.05) is 0 Å². The van der Waals surface area contributed by atoms with Crippen LogP contribution in [0.2, 0.25) is 0 Å². The maximum absolute atomic E-state index is 10.1. The van der Waals surface area contributed by atoms with Crippen LogP contribution in [0.4, 0.5) is 0 Å². The van der Waals surface area contributed by atoms with E-state index in [1.165, 1.54) is 19.3 Å². The minimum absolute atomic E-state index is 0.000417. The number of quaternary nitrogens is 1. The van der Waals surface area contributed by atoms with Crippen LogP contribution >= 0.6 is 0 Å². The average Bonchev–Trinajstić information content (AvgIpc) is 1.87. The molecule has 0 spiro atoms. The number of rotatable bonds is 0. The molecule has 2 nitrogen and oxygen atoms in total. The summed E-state index contributed by atoms with van der Waals surface area (Å²) in [4.78, 5) is 0. The van der Waals surface area contributed by atoms with Gasteiger partial charge in [-0.3, -0.25) is 0 Å². The summed E-state index contributed by atoms with van der Waals surface area (Å²) in [6.07, 6.45) is 3.64. The van der Waals surface area contributed by atoms with E-state index in [9.17, 15) is 5.21 Å². The van der Waals surface area contributed by atoms with Gasteiger partial charge in [0.1, 0.15) is 18.6 Å². The molecule has 1 saturated heterocycles. The Balaban J connectivity index is 2.64. The van der Waals surface area contributed by atoms with Crippen LogP contribution in [0.3, 0.4) is 0 Å². The van der Waals surface area contributed by atoms with Crippen LogP contribution in [-0.2, 0) is 0 Å². The second kappa shape index (κ2) is 2.76. The van der Waals surface area contributed by atoms with Gasteiger partial charge in [-0.2, -0.15) is 4.65 Å². The SMILES string of the molecule is CC(C)(C)[N+]1(O)CCCCC1. The third-order valence-corrected chi connectivity index (χ3v) is 2.80. The van der Waals surface area contributed by atoms with E-state index < -0.39 is 0 Å². The minimum Gasteiger partial charge on any atom is -0.217 e. The van der Waals surface area contributed by atoms with Crippen LogP contribution in [-0.4, -0.2) is 28.5 Å². The molecule has 2 heteroatoms. The second-order valence-corrected chi connectivity index (χ2v) is 4.60. The van der Waals surface area contributed by atoms with Crippen molar-refractivity contribution in [3.8, 4) is 0 Å². The molecule has 1 aliphatic rings. The molecule has 0 aromatic carbocycles. The van der Waals surface area contributed by atoms with Gasteiger partial charge >= 0.3 is 0 Å². The van der Waals surface area contributed by atoms with E-state index >= 15 is 0 Å². The Kier molecular flexibility index (Phi) is 2.26. The molecule has 0 aromatic rings. The number of hydroxylamine groups is 3. The maximum atomic E-state index is 10.1. The number of likely N-dealkylation sites (tertiary alicyclic amines) is 1. The lowest BCUT2D eigenvalue weighted by molar-refractivity contribution is -1.14. The summed E-state index contributed by atoms with van der Waals surface area (Å²) in [5.74, 6) is 0. The largest absolute Gasteiger partial charge is 0.217 e. The van der Waals surface area contributed by atoms with Crippen molar-refractivity contribution >= 4 is 0 Å². The van der Waals surface area contributed by atoms with Crippen molar-refractivity contribution in [2.45, 2.75) is 45.6 Å². The Labute approximate surface area is 69.4 Å². The lowest BCUT2D eigenvalue weighted by atomic mass is 10.00. The highest BCUT2D eigenvalue weighted by atomic mass is 16.6. The third-order valence-electron chi connectivity index (χ3n) is 2.80. The van der Waals surface area contributed by atoms with Crippen molar-refractivity contribution in [3.05, 3.63) is 0 Å². The van der Waals surface area contributed by atoms with Crippen LogP contribution in [0.15, 0.2) is 0 Å². The van der Waals surface area contributed by atoms with Crippen molar-refractivity contribution in [1.82, 2.24) is 0 Å². The summed E-state index contributed by atoms with van der Waals surface area (Å²) >= 11 is 0. The molecule has 1 heterocycles. The first-order valence-corrected chi connectivity index (χ1v) is 4.56. The van der Waals surface area contributed by atoms with E-state index in [1.54, 1.807) is 0 Å². The van der Waals surface area contributed by atoms with Gasteiger partial charge in [0.25, 0.3) is 0 Å². The molecule has 1 N–H and O–H groups in total. The molecule has 0 saturated carbocycles. The molecule has 1 aliphatic heterocycles. The van der Waals surface area contributed by atoms with Crippen molar-refractivity contribution in [1.29, 1.82) is 0 Å². The van der Waals surface area contributed by atoms with Gasteiger partial charge in [0.2, 0.25) is 0 Å². The zero-order chi connectivity index (χ0) is 8.54. The van der Waals surface area contributed by atoms with Gasteiger partial charge in [-0.25, -0.2) is 5.21 Å². The summed E-state index contributed by atoms with van der Waals surface area (Å²) in [6.45, 7) is 8.20. The van der Waals surface area contributed by atoms with E-state index in [0.29, 0.717) is 0 Å². The Morgan fingerprint density at radius 1 is 1.00 bits per heavy atom. The molecule has 0 amide bonds. The molecule has 1 fully saturated rings. The Morgan fingerprint density at radius 3 is 1.73 bits per heavy atom. The lowest BCUT2D eigenvalue weighted by Gasteiger charge is -2.43. The summed E-state index contributed by atoms with van der Waals surface area (Å²) in [7, 11) is 0. The highest BCUT2D eigenvalue weighted by molar-refractivity contribution is 4.63. The molecule has 11 heavy (non-hydrogen) atoms. The molecule has 0 aliphatic carbocycles. The first kappa shape index (κ1) is 9.01. The Bertz CT molecular complexity index is 131. The van der Waals surface area contributed by atoms with E-state index in [-0.39, 0.29) is 10.2 Å². The zero-order valence-electron chi connectivity index (χ0n) is 7.93. The van der Waals surface area contributed by atoms with E-state index in [1.807, 2.05) is 0 Å². The van der Waals surface area contributed by atoms with Crippen LogP contribution in [0.1, 0.15) is 40.0 Å².